The lowest BCUT2D eigenvalue weighted by atomic mass is 10.2. The van der Waals surface area contributed by atoms with E-state index in [0.29, 0.717) is 25.5 Å². The van der Waals surface area contributed by atoms with Crippen molar-refractivity contribution >= 4 is 33.0 Å². The predicted octanol–water partition coefficient (Wildman–Crippen LogP) is 0.805. The number of nitrogens with one attached hydrogen (secondary N) is 3. The average Bonchev–Trinajstić information content (AvgIpc) is 3.10. The fourth-order valence-corrected chi connectivity index (χ4v) is 5.06. The molecule has 1 aromatic heterocycles. The first kappa shape index (κ1) is 19.7. The van der Waals surface area contributed by atoms with E-state index in [2.05, 4.69) is 33.9 Å². The van der Waals surface area contributed by atoms with Crippen LogP contribution < -0.4 is 16.0 Å². The third-order valence-electron chi connectivity index (χ3n) is 3.94. The smallest absolute Gasteiger partial charge is 0.222 e. The van der Waals surface area contributed by atoms with E-state index in [0.717, 1.165) is 6.54 Å². The van der Waals surface area contributed by atoms with Crippen molar-refractivity contribution in [3.05, 3.63) is 21.9 Å². The molecule has 0 aromatic carbocycles. The molecule has 1 saturated heterocycles. The van der Waals surface area contributed by atoms with E-state index in [1.807, 2.05) is 12.3 Å². The maximum atomic E-state index is 11.9. The van der Waals surface area contributed by atoms with Crippen LogP contribution in [0.3, 0.4) is 0 Å². The number of aliphatic imine (C=N–C) groups is 1. The Morgan fingerprint density at radius 1 is 1.40 bits per heavy atom. The standard InChI is InChI=1S/C16H26N4O3S2/c1-3-17-16(19-10-14-12(2)5-8-24-14)18-7-4-15(21)20-13-6-9-25(22,23)11-13/h5,8,13H,3-4,6-7,9-11H2,1-2H3,(H,20,21)(H2,17,18,19). The summed E-state index contributed by atoms with van der Waals surface area (Å²) in [5.41, 5.74) is 1.23. The van der Waals surface area contributed by atoms with E-state index in [-0.39, 0.29) is 29.9 Å². The topological polar surface area (TPSA) is 99.7 Å². The Labute approximate surface area is 153 Å². The van der Waals surface area contributed by atoms with Crippen molar-refractivity contribution in [2.45, 2.75) is 39.3 Å². The molecular weight excluding hydrogens is 360 g/mol. The molecule has 9 heteroatoms. The van der Waals surface area contributed by atoms with E-state index < -0.39 is 9.84 Å². The van der Waals surface area contributed by atoms with Gasteiger partial charge < -0.3 is 16.0 Å². The van der Waals surface area contributed by atoms with Gasteiger partial charge in [-0.3, -0.25) is 4.79 Å². The second kappa shape index (κ2) is 9.19. The van der Waals surface area contributed by atoms with Crippen LogP contribution in [0.1, 0.15) is 30.2 Å². The van der Waals surface area contributed by atoms with Gasteiger partial charge in [-0.15, -0.1) is 11.3 Å². The molecule has 1 aliphatic heterocycles. The molecule has 1 amide bonds. The van der Waals surface area contributed by atoms with Crippen molar-refractivity contribution in [1.82, 2.24) is 16.0 Å². The molecule has 1 aromatic rings. The quantitative estimate of drug-likeness (QED) is 0.476. The van der Waals surface area contributed by atoms with Gasteiger partial charge in [-0.1, -0.05) is 0 Å². The summed E-state index contributed by atoms with van der Waals surface area (Å²) in [5, 5.41) is 11.1. The lowest BCUT2D eigenvalue weighted by molar-refractivity contribution is -0.121. The number of guanidine groups is 1. The van der Waals surface area contributed by atoms with Gasteiger partial charge in [0.2, 0.25) is 5.91 Å². The van der Waals surface area contributed by atoms with Crippen LogP contribution in [0, 0.1) is 6.92 Å². The van der Waals surface area contributed by atoms with Gasteiger partial charge in [-0.2, -0.15) is 0 Å². The number of carbonyl (C=O) groups is 1. The Bertz CT molecular complexity index is 713. The summed E-state index contributed by atoms with van der Waals surface area (Å²) in [5.74, 6) is 0.748. The van der Waals surface area contributed by atoms with Crippen LogP contribution in [0.2, 0.25) is 0 Å². The maximum Gasteiger partial charge on any atom is 0.222 e. The third kappa shape index (κ3) is 6.66. The minimum atomic E-state index is -2.97. The molecular formula is C16H26N4O3S2. The monoisotopic (exact) mass is 386 g/mol. The lowest BCUT2D eigenvalue weighted by Crippen LogP contribution is -2.41. The van der Waals surface area contributed by atoms with Crippen LogP contribution in [-0.4, -0.2) is 50.9 Å². The SMILES string of the molecule is CCNC(=NCc1sccc1C)NCCC(=O)NC1CCS(=O)(=O)C1. The minimum absolute atomic E-state index is 0.0520. The largest absolute Gasteiger partial charge is 0.357 e. The van der Waals surface area contributed by atoms with Crippen molar-refractivity contribution in [3.8, 4) is 0 Å². The predicted molar refractivity (Wildman–Crippen MR) is 102 cm³/mol. The number of carbonyl (C=O) groups excluding carboxylic acids is 1. The Morgan fingerprint density at radius 2 is 2.20 bits per heavy atom. The second-order valence-corrected chi connectivity index (χ2v) is 9.30. The van der Waals surface area contributed by atoms with Crippen LogP contribution in [-0.2, 0) is 21.2 Å². The number of thiophene rings is 1. The highest BCUT2D eigenvalue weighted by atomic mass is 32.2. The highest BCUT2D eigenvalue weighted by Gasteiger charge is 2.28. The van der Waals surface area contributed by atoms with Crippen molar-refractivity contribution in [3.63, 3.8) is 0 Å². The van der Waals surface area contributed by atoms with Gasteiger partial charge in [0.25, 0.3) is 0 Å². The third-order valence-corrected chi connectivity index (χ3v) is 6.71. The molecule has 0 aliphatic carbocycles. The summed E-state index contributed by atoms with van der Waals surface area (Å²) in [6.07, 6.45) is 0.782. The summed E-state index contributed by atoms with van der Waals surface area (Å²) in [6.45, 7) is 5.84. The van der Waals surface area contributed by atoms with Crippen LogP contribution in [0.5, 0.6) is 0 Å². The van der Waals surface area contributed by atoms with Gasteiger partial charge in [-0.05, 0) is 37.3 Å². The molecule has 1 atom stereocenters. The molecule has 1 unspecified atom stereocenters. The molecule has 0 radical (unpaired) electrons. The molecule has 3 N–H and O–H groups in total. The molecule has 2 heterocycles. The van der Waals surface area contributed by atoms with Crippen LogP contribution in [0.4, 0.5) is 0 Å². The number of hydrogen-bond acceptors (Lipinski definition) is 5. The van der Waals surface area contributed by atoms with Crippen molar-refractivity contribution in [2.24, 2.45) is 4.99 Å². The first-order valence-corrected chi connectivity index (χ1v) is 11.1. The second-order valence-electron chi connectivity index (χ2n) is 6.07. The van der Waals surface area contributed by atoms with Crippen LogP contribution >= 0.6 is 11.3 Å². The zero-order valence-corrected chi connectivity index (χ0v) is 16.3. The van der Waals surface area contributed by atoms with Crippen LogP contribution in [0.25, 0.3) is 0 Å². The molecule has 25 heavy (non-hydrogen) atoms. The first-order chi connectivity index (χ1) is 11.9. The number of amides is 1. The summed E-state index contributed by atoms with van der Waals surface area (Å²) < 4.78 is 22.8. The van der Waals surface area contributed by atoms with Gasteiger partial charge in [0, 0.05) is 30.4 Å². The zero-order chi connectivity index (χ0) is 18.3. The van der Waals surface area contributed by atoms with Gasteiger partial charge >= 0.3 is 0 Å². The number of nitrogens with zero attached hydrogens (tertiary/aromatic N) is 1. The molecule has 7 nitrogen and oxygen atoms in total. The fraction of sp³-hybridized carbons (Fsp3) is 0.625. The zero-order valence-electron chi connectivity index (χ0n) is 14.7. The maximum absolute atomic E-state index is 11.9. The summed E-state index contributed by atoms with van der Waals surface area (Å²) >= 11 is 1.68. The fourth-order valence-electron chi connectivity index (χ4n) is 2.56. The van der Waals surface area contributed by atoms with E-state index in [1.165, 1.54) is 10.4 Å². The molecule has 2 rings (SSSR count). The number of sulfone groups is 1. The normalized spacial score (nSPS) is 19.6. The van der Waals surface area contributed by atoms with Gasteiger partial charge in [0.15, 0.2) is 15.8 Å². The van der Waals surface area contributed by atoms with E-state index >= 15 is 0 Å². The van der Waals surface area contributed by atoms with Crippen LogP contribution in [0.15, 0.2) is 16.4 Å². The number of rotatable bonds is 7. The van der Waals surface area contributed by atoms with E-state index in [9.17, 15) is 13.2 Å². The van der Waals surface area contributed by atoms with E-state index in [4.69, 9.17) is 0 Å². The lowest BCUT2D eigenvalue weighted by Gasteiger charge is -2.13. The Kier molecular flexibility index (Phi) is 7.24. The summed E-state index contributed by atoms with van der Waals surface area (Å²) in [6, 6.07) is 1.82. The van der Waals surface area contributed by atoms with Gasteiger partial charge in [-0.25, -0.2) is 13.4 Å². The van der Waals surface area contributed by atoms with Crippen molar-refractivity contribution in [2.75, 3.05) is 24.6 Å². The minimum Gasteiger partial charge on any atom is -0.357 e. The molecule has 0 bridgehead atoms. The molecule has 1 fully saturated rings. The molecule has 0 spiro atoms. The van der Waals surface area contributed by atoms with Crippen molar-refractivity contribution in [1.29, 1.82) is 0 Å². The Balaban J connectivity index is 1.75. The summed E-state index contributed by atoms with van der Waals surface area (Å²) in [7, 11) is -2.97. The number of aryl methyl sites for hydroxylation is 1. The average molecular weight is 387 g/mol. The van der Waals surface area contributed by atoms with Gasteiger partial charge in [0.1, 0.15) is 0 Å². The Hall–Kier alpha value is -1.61. The Morgan fingerprint density at radius 3 is 2.80 bits per heavy atom. The van der Waals surface area contributed by atoms with Crippen molar-refractivity contribution < 1.29 is 13.2 Å². The van der Waals surface area contributed by atoms with Gasteiger partial charge in [0.05, 0.1) is 18.1 Å². The summed E-state index contributed by atoms with van der Waals surface area (Å²) in [4.78, 5) is 17.7. The molecule has 0 saturated carbocycles. The first-order valence-electron chi connectivity index (χ1n) is 8.44. The number of hydrogen-bond donors (Lipinski definition) is 3. The highest BCUT2D eigenvalue weighted by molar-refractivity contribution is 7.91. The van der Waals surface area contributed by atoms with E-state index in [1.54, 1.807) is 11.3 Å². The molecule has 140 valence electrons. The highest BCUT2D eigenvalue weighted by Crippen LogP contribution is 2.16. The molecule has 1 aliphatic rings.